The van der Waals surface area contributed by atoms with Gasteiger partial charge >= 0.3 is 5.97 Å². The van der Waals surface area contributed by atoms with Gasteiger partial charge in [-0.15, -0.1) is 0 Å². The second kappa shape index (κ2) is 7.64. The Bertz CT molecular complexity index is 469. The number of carbonyl (C=O) groups excluding carboxylic acids is 1. The van der Waals surface area contributed by atoms with E-state index in [1.54, 1.807) is 6.92 Å². The van der Waals surface area contributed by atoms with E-state index in [2.05, 4.69) is 19.9 Å². The zero-order chi connectivity index (χ0) is 14.4. The molecule has 0 unspecified atom stereocenters. The first-order valence-corrected chi connectivity index (χ1v) is 8.00. The minimum Gasteiger partial charge on any atom is -0.465 e. The third kappa shape index (κ3) is 4.49. The predicted octanol–water partition coefficient (Wildman–Crippen LogP) is 2.17. The maximum atomic E-state index is 11.3. The first kappa shape index (κ1) is 15.3. The molecule has 1 aromatic heterocycles. The number of carbonyl (C=O) groups is 1. The predicted molar refractivity (Wildman–Crippen MR) is 78.3 cm³/mol. The largest absolute Gasteiger partial charge is 0.465 e. The van der Waals surface area contributed by atoms with Crippen molar-refractivity contribution in [1.29, 1.82) is 0 Å². The number of aromatic nitrogens is 3. The lowest BCUT2D eigenvalue weighted by Gasteiger charge is -2.26. The highest BCUT2D eigenvalue weighted by Gasteiger charge is 2.16. The quantitative estimate of drug-likeness (QED) is 0.609. The molecule has 1 saturated heterocycles. The molecule has 1 aromatic rings. The zero-order valence-corrected chi connectivity index (χ0v) is 12.9. The number of ether oxygens (including phenoxy) is 1. The second-order valence-corrected chi connectivity index (χ2v) is 5.61. The summed E-state index contributed by atoms with van der Waals surface area (Å²) >= 11 is 7.14. The van der Waals surface area contributed by atoms with Crippen LogP contribution in [0.15, 0.2) is 5.16 Å². The van der Waals surface area contributed by atoms with Gasteiger partial charge in [0.2, 0.25) is 11.2 Å². The molecule has 0 atom stereocenters. The van der Waals surface area contributed by atoms with E-state index in [0.717, 1.165) is 25.9 Å². The molecule has 0 aliphatic carbocycles. The van der Waals surface area contributed by atoms with Crippen LogP contribution in [0.25, 0.3) is 0 Å². The molecular formula is C12H17ClN4O2S. The number of anilines is 1. The van der Waals surface area contributed by atoms with E-state index in [1.807, 2.05) is 0 Å². The number of thioether (sulfide) groups is 1. The summed E-state index contributed by atoms with van der Waals surface area (Å²) < 4.78 is 4.87. The van der Waals surface area contributed by atoms with Crippen molar-refractivity contribution in [2.45, 2.75) is 31.3 Å². The minimum absolute atomic E-state index is 0.159. The van der Waals surface area contributed by atoms with Crippen LogP contribution in [0.5, 0.6) is 0 Å². The van der Waals surface area contributed by atoms with Gasteiger partial charge in [-0.25, -0.2) is 0 Å². The zero-order valence-electron chi connectivity index (χ0n) is 11.3. The number of hydrogen-bond acceptors (Lipinski definition) is 7. The van der Waals surface area contributed by atoms with Gasteiger partial charge in [0, 0.05) is 13.1 Å². The third-order valence-corrected chi connectivity index (χ3v) is 3.83. The van der Waals surface area contributed by atoms with Crippen molar-refractivity contribution in [3.63, 3.8) is 0 Å². The van der Waals surface area contributed by atoms with Gasteiger partial charge in [-0.3, -0.25) is 4.79 Å². The van der Waals surface area contributed by atoms with Gasteiger partial charge < -0.3 is 9.64 Å². The molecule has 0 aromatic carbocycles. The maximum absolute atomic E-state index is 11.3. The van der Waals surface area contributed by atoms with Crippen molar-refractivity contribution in [3.05, 3.63) is 5.28 Å². The lowest BCUT2D eigenvalue weighted by Crippen LogP contribution is -2.31. The van der Waals surface area contributed by atoms with Crippen LogP contribution in [0.2, 0.25) is 5.28 Å². The molecule has 1 aliphatic heterocycles. The summed E-state index contributed by atoms with van der Waals surface area (Å²) in [7, 11) is 0. The molecule has 0 saturated carbocycles. The number of rotatable bonds is 5. The summed E-state index contributed by atoms with van der Waals surface area (Å²) in [6.45, 7) is 4.01. The van der Waals surface area contributed by atoms with Gasteiger partial charge in [-0.1, -0.05) is 11.8 Å². The highest BCUT2D eigenvalue weighted by atomic mass is 35.5. The fraction of sp³-hybridized carbons (Fsp3) is 0.667. The maximum Gasteiger partial charge on any atom is 0.316 e. The van der Waals surface area contributed by atoms with Gasteiger partial charge in [-0.05, 0) is 37.8 Å². The molecule has 6 nitrogen and oxygen atoms in total. The minimum atomic E-state index is -0.284. The molecule has 2 rings (SSSR count). The summed E-state index contributed by atoms with van der Waals surface area (Å²) in [6, 6.07) is 0. The van der Waals surface area contributed by atoms with Crippen LogP contribution in [-0.4, -0.2) is 46.4 Å². The molecular weight excluding hydrogens is 300 g/mol. The Balaban J connectivity index is 2.02. The van der Waals surface area contributed by atoms with Crippen LogP contribution in [-0.2, 0) is 9.53 Å². The average Bonchev–Trinajstić information content (AvgIpc) is 2.46. The molecule has 0 radical (unpaired) electrons. The van der Waals surface area contributed by atoms with Crippen molar-refractivity contribution in [2.24, 2.45) is 0 Å². The Morgan fingerprint density at radius 3 is 2.75 bits per heavy atom. The Kier molecular flexibility index (Phi) is 5.85. The summed E-state index contributed by atoms with van der Waals surface area (Å²) in [5.41, 5.74) is 0. The van der Waals surface area contributed by atoms with Crippen LogP contribution in [0, 0.1) is 0 Å². The number of piperidine rings is 1. The van der Waals surface area contributed by atoms with E-state index in [4.69, 9.17) is 16.3 Å². The Hall–Kier alpha value is -1.08. The van der Waals surface area contributed by atoms with Crippen molar-refractivity contribution in [3.8, 4) is 0 Å². The smallest absolute Gasteiger partial charge is 0.316 e. The van der Waals surface area contributed by atoms with Gasteiger partial charge in [0.05, 0.1) is 12.4 Å². The summed E-state index contributed by atoms with van der Waals surface area (Å²) in [5.74, 6) is 0.484. The van der Waals surface area contributed by atoms with Gasteiger partial charge in [0.15, 0.2) is 5.16 Å². The van der Waals surface area contributed by atoms with Crippen molar-refractivity contribution < 1.29 is 9.53 Å². The third-order valence-electron chi connectivity index (χ3n) is 2.84. The van der Waals surface area contributed by atoms with Crippen molar-refractivity contribution in [1.82, 2.24) is 15.0 Å². The molecule has 8 heteroatoms. The fourth-order valence-electron chi connectivity index (χ4n) is 1.95. The highest BCUT2D eigenvalue weighted by Crippen LogP contribution is 2.21. The van der Waals surface area contributed by atoms with Crippen LogP contribution in [0.3, 0.4) is 0 Å². The van der Waals surface area contributed by atoms with Crippen LogP contribution < -0.4 is 4.90 Å². The van der Waals surface area contributed by atoms with Crippen molar-refractivity contribution in [2.75, 3.05) is 30.3 Å². The van der Waals surface area contributed by atoms with E-state index >= 15 is 0 Å². The fourth-order valence-corrected chi connectivity index (χ4v) is 2.78. The SMILES string of the molecule is CCOC(=O)CSc1nc(Cl)nc(N2CCCCC2)n1. The van der Waals surface area contributed by atoms with E-state index in [1.165, 1.54) is 18.2 Å². The Labute approximate surface area is 127 Å². The molecule has 20 heavy (non-hydrogen) atoms. The molecule has 0 spiro atoms. The normalized spacial score (nSPS) is 15.2. The molecule has 1 aliphatic rings. The van der Waals surface area contributed by atoms with Gasteiger partial charge in [0.25, 0.3) is 0 Å². The summed E-state index contributed by atoms with van der Waals surface area (Å²) in [4.78, 5) is 26.0. The molecule has 2 heterocycles. The number of esters is 1. The van der Waals surface area contributed by atoms with Crippen molar-refractivity contribution >= 4 is 35.3 Å². The van der Waals surface area contributed by atoms with Crippen LogP contribution >= 0.6 is 23.4 Å². The number of hydrogen-bond donors (Lipinski definition) is 0. The molecule has 0 N–H and O–H groups in total. The second-order valence-electron chi connectivity index (χ2n) is 4.33. The molecule has 0 bridgehead atoms. The monoisotopic (exact) mass is 316 g/mol. The van der Waals surface area contributed by atoms with Crippen LogP contribution in [0.4, 0.5) is 5.95 Å². The lowest BCUT2D eigenvalue weighted by atomic mass is 10.1. The Morgan fingerprint density at radius 1 is 1.30 bits per heavy atom. The first-order chi connectivity index (χ1) is 9.69. The molecule has 1 fully saturated rings. The topological polar surface area (TPSA) is 68.2 Å². The summed E-state index contributed by atoms with van der Waals surface area (Å²) in [6.07, 6.45) is 3.50. The Morgan fingerprint density at radius 2 is 2.05 bits per heavy atom. The highest BCUT2D eigenvalue weighted by molar-refractivity contribution is 7.99. The molecule has 0 amide bonds. The van der Waals surface area contributed by atoms with Gasteiger partial charge in [0.1, 0.15) is 0 Å². The van der Waals surface area contributed by atoms with E-state index in [-0.39, 0.29) is 17.0 Å². The lowest BCUT2D eigenvalue weighted by molar-refractivity contribution is -0.139. The van der Waals surface area contributed by atoms with E-state index in [0.29, 0.717) is 17.7 Å². The van der Waals surface area contributed by atoms with Gasteiger partial charge in [-0.2, -0.15) is 15.0 Å². The standard InChI is InChI=1S/C12H17ClN4O2S/c1-2-19-9(18)8-20-12-15-10(13)14-11(16-12)17-6-4-3-5-7-17/h2-8H2,1H3. The number of halogens is 1. The van der Waals surface area contributed by atoms with E-state index < -0.39 is 0 Å². The average molecular weight is 317 g/mol. The van der Waals surface area contributed by atoms with E-state index in [9.17, 15) is 4.79 Å². The van der Waals surface area contributed by atoms with Crippen LogP contribution in [0.1, 0.15) is 26.2 Å². The first-order valence-electron chi connectivity index (χ1n) is 6.64. The number of nitrogens with zero attached hydrogens (tertiary/aromatic N) is 4. The molecule has 110 valence electrons. The summed E-state index contributed by atoms with van der Waals surface area (Å²) in [5, 5.41) is 0.616.